The first-order chi connectivity index (χ1) is 8.72. The maximum atomic E-state index is 11.2. The van der Waals surface area contributed by atoms with Gasteiger partial charge < -0.3 is 15.4 Å². The van der Waals surface area contributed by atoms with Gasteiger partial charge in [-0.3, -0.25) is 4.79 Å². The van der Waals surface area contributed by atoms with Gasteiger partial charge in [0.25, 0.3) is 0 Å². The summed E-state index contributed by atoms with van der Waals surface area (Å²) in [6, 6.07) is 10.3. The van der Waals surface area contributed by atoms with Crippen LogP contribution < -0.4 is 10.6 Å². The molecule has 0 aliphatic carbocycles. The van der Waals surface area contributed by atoms with Crippen molar-refractivity contribution in [3.63, 3.8) is 0 Å². The fraction of sp³-hybridized carbons (Fsp3) is 0.429. The third kappa shape index (κ3) is 6.15. The van der Waals surface area contributed by atoms with Gasteiger partial charge in [-0.2, -0.15) is 0 Å². The monoisotopic (exact) mass is 248 g/mol. The highest BCUT2D eigenvalue weighted by Gasteiger charge is 2.04. The minimum atomic E-state index is -0.144. The van der Waals surface area contributed by atoms with Gasteiger partial charge in [-0.1, -0.05) is 37.3 Å². The van der Waals surface area contributed by atoms with Crippen molar-refractivity contribution in [2.75, 3.05) is 19.6 Å². The first kappa shape index (κ1) is 14.4. The van der Waals surface area contributed by atoms with E-state index in [1.54, 1.807) is 0 Å². The van der Waals surface area contributed by atoms with E-state index in [2.05, 4.69) is 29.7 Å². The molecular weight excluding hydrogens is 228 g/mol. The Kier molecular flexibility index (Phi) is 6.72. The molecule has 0 fully saturated rings. The number of benzene rings is 1. The van der Waals surface area contributed by atoms with Crippen molar-refractivity contribution in [1.82, 2.24) is 10.6 Å². The highest BCUT2D eigenvalue weighted by atomic mass is 16.2. The van der Waals surface area contributed by atoms with E-state index in [4.69, 9.17) is 0 Å². The molecule has 2 N–H and O–H groups in total. The number of rotatable bonds is 8. The van der Waals surface area contributed by atoms with Gasteiger partial charge in [-0.05, 0) is 24.4 Å². The SMILES string of the molecule is CC(CNCC(=O)NCC=O)Cc1ccccc1. The van der Waals surface area contributed by atoms with Crippen LogP contribution in [0, 0.1) is 5.92 Å². The van der Waals surface area contributed by atoms with Crippen LogP contribution in [0.15, 0.2) is 30.3 Å². The van der Waals surface area contributed by atoms with Crippen LogP contribution >= 0.6 is 0 Å². The summed E-state index contributed by atoms with van der Waals surface area (Å²) >= 11 is 0. The molecule has 0 bridgehead atoms. The molecule has 18 heavy (non-hydrogen) atoms. The maximum absolute atomic E-state index is 11.2. The Bertz CT molecular complexity index is 365. The van der Waals surface area contributed by atoms with Crippen molar-refractivity contribution < 1.29 is 9.59 Å². The second-order valence-corrected chi connectivity index (χ2v) is 4.40. The normalized spacial score (nSPS) is 11.8. The Morgan fingerprint density at radius 1 is 1.33 bits per heavy atom. The second-order valence-electron chi connectivity index (χ2n) is 4.40. The number of amides is 1. The maximum Gasteiger partial charge on any atom is 0.234 e. The van der Waals surface area contributed by atoms with Crippen LogP contribution in [-0.4, -0.2) is 31.8 Å². The Balaban J connectivity index is 2.15. The summed E-state index contributed by atoms with van der Waals surface area (Å²) in [6.45, 7) is 3.26. The van der Waals surface area contributed by atoms with Crippen molar-refractivity contribution in [1.29, 1.82) is 0 Å². The summed E-state index contributed by atoms with van der Waals surface area (Å²) in [6.07, 6.45) is 1.67. The predicted octanol–water partition coefficient (Wildman–Crippen LogP) is 0.770. The lowest BCUT2D eigenvalue weighted by Gasteiger charge is -2.12. The standard InChI is InChI=1S/C14H20N2O2/c1-12(9-13-5-3-2-4-6-13)10-15-11-14(18)16-7-8-17/h2-6,8,12,15H,7,9-11H2,1H3,(H,16,18). The zero-order chi connectivity index (χ0) is 13.2. The van der Waals surface area contributed by atoms with Gasteiger partial charge in [-0.15, -0.1) is 0 Å². The largest absolute Gasteiger partial charge is 0.348 e. The van der Waals surface area contributed by atoms with E-state index in [0.29, 0.717) is 12.2 Å². The van der Waals surface area contributed by atoms with E-state index in [1.165, 1.54) is 5.56 Å². The zero-order valence-corrected chi connectivity index (χ0v) is 10.7. The summed E-state index contributed by atoms with van der Waals surface area (Å²) in [5.74, 6) is 0.320. The molecule has 0 saturated carbocycles. The van der Waals surface area contributed by atoms with Crippen LogP contribution in [0.5, 0.6) is 0 Å². The fourth-order valence-electron chi connectivity index (χ4n) is 1.74. The molecule has 0 radical (unpaired) electrons. The van der Waals surface area contributed by atoms with Crippen molar-refractivity contribution in [2.45, 2.75) is 13.3 Å². The lowest BCUT2D eigenvalue weighted by Crippen LogP contribution is -2.36. The number of hydrogen-bond donors (Lipinski definition) is 2. The van der Waals surface area contributed by atoms with Gasteiger partial charge in [0.1, 0.15) is 6.29 Å². The molecule has 1 atom stereocenters. The molecule has 0 aliphatic heterocycles. The number of carbonyl (C=O) groups is 2. The number of nitrogens with one attached hydrogen (secondary N) is 2. The highest BCUT2D eigenvalue weighted by molar-refractivity contribution is 5.80. The predicted molar refractivity (Wildman–Crippen MR) is 71.3 cm³/mol. The molecule has 0 heterocycles. The lowest BCUT2D eigenvalue weighted by molar-refractivity contribution is -0.121. The van der Waals surface area contributed by atoms with Gasteiger partial charge >= 0.3 is 0 Å². The van der Waals surface area contributed by atoms with Crippen molar-refractivity contribution in [2.24, 2.45) is 5.92 Å². The van der Waals surface area contributed by atoms with Crippen molar-refractivity contribution >= 4 is 12.2 Å². The molecule has 1 amide bonds. The van der Waals surface area contributed by atoms with Crippen LogP contribution in [0.4, 0.5) is 0 Å². The summed E-state index contributed by atoms with van der Waals surface area (Å²) in [4.78, 5) is 21.3. The van der Waals surface area contributed by atoms with Gasteiger partial charge in [-0.25, -0.2) is 0 Å². The second kappa shape index (κ2) is 8.42. The Hall–Kier alpha value is -1.68. The van der Waals surface area contributed by atoms with E-state index in [9.17, 15) is 9.59 Å². The molecule has 4 heteroatoms. The smallest absolute Gasteiger partial charge is 0.234 e. The van der Waals surface area contributed by atoms with Crippen LogP contribution in [0.1, 0.15) is 12.5 Å². The van der Waals surface area contributed by atoms with Crippen molar-refractivity contribution in [3.8, 4) is 0 Å². The molecule has 4 nitrogen and oxygen atoms in total. The van der Waals surface area contributed by atoms with E-state index in [1.807, 2.05) is 18.2 Å². The molecule has 1 aromatic rings. The average Bonchev–Trinajstić information content (AvgIpc) is 2.37. The molecule has 0 aliphatic rings. The summed E-state index contributed by atoms with van der Waals surface area (Å²) in [5, 5.41) is 5.57. The van der Waals surface area contributed by atoms with Crippen LogP contribution in [0.25, 0.3) is 0 Å². The third-order valence-electron chi connectivity index (χ3n) is 2.59. The highest BCUT2D eigenvalue weighted by Crippen LogP contribution is 2.06. The molecular formula is C14H20N2O2. The minimum absolute atomic E-state index is 0.0834. The van der Waals surface area contributed by atoms with Crippen LogP contribution in [-0.2, 0) is 16.0 Å². The van der Waals surface area contributed by atoms with Crippen LogP contribution in [0.3, 0.4) is 0 Å². The summed E-state index contributed by atoms with van der Waals surface area (Å²) in [7, 11) is 0. The number of aldehydes is 1. The summed E-state index contributed by atoms with van der Waals surface area (Å²) < 4.78 is 0. The molecule has 0 saturated heterocycles. The minimum Gasteiger partial charge on any atom is -0.348 e. The lowest BCUT2D eigenvalue weighted by atomic mass is 10.0. The van der Waals surface area contributed by atoms with E-state index in [0.717, 1.165) is 13.0 Å². The Labute approximate surface area is 108 Å². The quantitative estimate of drug-likeness (QED) is 0.668. The number of carbonyl (C=O) groups excluding carboxylic acids is 2. The molecule has 1 unspecified atom stereocenters. The molecule has 1 aromatic carbocycles. The van der Waals surface area contributed by atoms with Gasteiger partial charge in [0, 0.05) is 0 Å². The number of hydrogen-bond acceptors (Lipinski definition) is 3. The van der Waals surface area contributed by atoms with E-state index < -0.39 is 0 Å². The first-order valence-corrected chi connectivity index (χ1v) is 6.17. The fourth-order valence-corrected chi connectivity index (χ4v) is 1.74. The molecule has 0 aromatic heterocycles. The van der Waals surface area contributed by atoms with Crippen LogP contribution in [0.2, 0.25) is 0 Å². The topological polar surface area (TPSA) is 58.2 Å². The Morgan fingerprint density at radius 2 is 2.06 bits per heavy atom. The van der Waals surface area contributed by atoms with E-state index >= 15 is 0 Å². The molecule has 98 valence electrons. The van der Waals surface area contributed by atoms with Gasteiger partial charge in [0.2, 0.25) is 5.91 Å². The third-order valence-corrected chi connectivity index (χ3v) is 2.59. The molecule has 0 spiro atoms. The Morgan fingerprint density at radius 3 is 2.72 bits per heavy atom. The average molecular weight is 248 g/mol. The van der Waals surface area contributed by atoms with Gasteiger partial charge in [0.15, 0.2) is 0 Å². The van der Waals surface area contributed by atoms with Crippen molar-refractivity contribution in [3.05, 3.63) is 35.9 Å². The van der Waals surface area contributed by atoms with E-state index in [-0.39, 0.29) is 19.0 Å². The zero-order valence-electron chi connectivity index (χ0n) is 10.7. The summed E-state index contributed by atoms with van der Waals surface area (Å²) in [5.41, 5.74) is 1.30. The molecule has 1 rings (SSSR count). The van der Waals surface area contributed by atoms with Gasteiger partial charge in [0.05, 0.1) is 13.1 Å². The first-order valence-electron chi connectivity index (χ1n) is 6.17.